The maximum atomic E-state index is 12.5. The number of hydrogen-bond donors (Lipinski definition) is 1. The van der Waals surface area contributed by atoms with E-state index in [4.69, 9.17) is 0 Å². The van der Waals surface area contributed by atoms with Crippen LogP contribution in [0.15, 0.2) is 65.5 Å². The number of nitrogens with zero attached hydrogens (tertiary/aromatic N) is 3. The van der Waals surface area contributed by atoms with Gasteiger partial charge in [0.05, 0.1) is 16.3 Å². The maximum Gasteiger partial charge on any atom is 0.276 e. The molecule has 0 aliphatic heterocycles. The van der Waals surface area contributed by atoms with Crippen LogP contribution >= 0.6 is 0 Å². The molecule has 130 valence electrons. The molecule has 8 heteroatoms. The first-order chi connectivity index (χ1) is 12.5. The van der Waals surface area contributed by atoms with Gasteiger partial charge in [0.2, 0.25) is 0 Å². The summed E-state index contributed by atoms with van der Waals surface area (Å²) in [6.07, 6.45) is 0. The fourth-order valence-corrected chi connectivity index (χ4v) is 2.33. The van der Waals surface area contributed by atoms with Crippen LogP contribution in [0.3, 0.4) is 0 Å². The van der Waals surface area contributed by atoms with Gasteiger partial charge in [-0.1, -0.05) is 24.3 Å². The summed E-state index contributed by atoms with van der Waals surface area (Å²) >= 11 is 0. The zero-order valence-corrected chi connectivity index (χ0v) is 13.7. The number of para-hydroxylation sites is 1. The Balaban J connectivity index is 1.93. The third-order valence-corrected chi connectivity index (χ3v) is 3.71. The normalized spacial score (nSPS) is 10.3. The maximum absolute atomic E-state index is 12.5. The van der Waals surface area contributed by atoms with Crippen LogP contribution < -0.4 is 10.9 Å². The number of benzene rings is 2. The molecule has 3 rings (SSSR count). The second-order valence-electron chi connectivity index (χ2n) is 5.51. The standard InChI is InChI=1S/C18H14N4O4/c1-12-7-8-14(22(25)26)11-16(12)19-18(24)15-9-10-17(23)21(20-15)13-5-3-2-4-6-13/h2-11H,1H3,(H,19,24). The van der Waals surface area contributed by atoms with Crippen LogP contribution in [0.1, 0.15) is 16.1 Å². The zero-order chi connectivity index (χ0) is 18.7. The van der Waals surface area contributed by atoms with E-state index in [2.05, 4.69) is 10.4 Å². The third-order valence-electron chi connectivity index (χ3n) is 3.71. The topological polar surface area (TPSA) is 107 Å². The number of carbonyl (C=O) groups is 1. The molecule has 1 heterocycles. The SMILES string of the molecule is Cc1ccc([N+](=O)[O-])cc1NC(=O)c1ccc(=O)n(-c2ccccc2)n1. The molecule has 0 unspecified atom stereocenters. The van der Waals surface area contributed by atoms with Crippen LogP contribution in [0.5, 0.6) is 0 Å². The fraction of sp³-hybridized carbons (Fsp3) is 0.0556. The number of hydrogen-bond acceptors (Lipinski definition) is 5. The number of anilines is 1. The fourth-order valence-electron chi connectivity index (χ4n) is 2.33. The summed E-state index contributed by atoms with van der Waals surface area (Å²) < 4.78 is 1.12. The first kappa shape index (κ1) is 17.0. The van der Waals surface area contributed by atoms with Crippen molar-refractivity contribution in [1.29, 1.82) is 0 Å². The van der Waals surface area contributed by atoms with Crippen molar-refractivity contribution in [3.05, 3.63) is 92.4 Å². The Morgan fingerprint density at radius 3 is 2.54 bits per heavy atom. The van der Waals surface area contributed by atoms with Crippen molar-refractivity contribution in [2.24, 2.45) is 0 Å². The monoisotopic (exact) mass is 350 g/mol. The predicted octanol–water partition coefficient (Wildman–Crippen LogP) is 2.70. The van der Waals surface area contributed by atoms with Gasteiger partial charge in [-0.2, -0.15) is 9.78 Å². The Kier molecular flexibility index (Phi) is 4.57. The minimum absolute atomic E-state index is 0.0133. The molecule has 0 spiro atoms. The number of non-ortho nitro benzene ring substituents is 1. The Morgan fingerprint density at radius 2 is 1.85 bits per heavy atom. The van der Waals surface area contributed by atoms with Crippen molar-refractivity contribution in [3.8, 4) is 5.69 Å². The number of aryl methyl sites for hydroxylation is 1. The molecule has 0 bridgehead atoms. The molecule has 1 N–H and O–H groups in total. The van der Waals surface area contributed by atoms with E-state index >= 15 is 0 Å². The van der Waals surface area contributed by atoms with Crippen LogP contribution in [0.25, 0.3) is 5.69 Å². The molecule has 2 aromatic carbocycles. The highest BCUT2D eigenvalue weighted by molar-refractivity contribution is 6.03. The summed E-state index contributed by atoms with van der Waals surface area (Å²) in [6.45, 7) is 1.72. The lowest BCUT2D eigenvalue weighted by Gasteiger charge is -2.09. The molecule has 1 aromatic heterocycles. The number of rotatable bonds is 4. The van der Waals surface area contributed by atoms with Crippen molar-refractivity contribution in [2.45, 2.75) is 6.92 Å². The Labute approximate surface area is 147 Å². The van der Waals surface area contributed by atoms with Crippen LogP contribution in [0.4, 0.5) is 11.4 Å². The van der Waals surface area contributed by atoms with Gasteiger partial charge in [-0.3, -0.25) is 19.7 Å². The van der Waals surface area contributed by atoms with Crippen LogP contribution in [-0.2, 0) is 0 Å². The van der Waals surface area contributed by atoms with Crippen molar-refractivity contribution in [1.82, 2.24) is 9.78 Å². The average molecular weight is 350 g/mol. The minimum atomic E-state index is -0.571. The van der Waals surface area contributed by atoms with E-state index in [1.807, 2.05) is 0 Å². The molecule has 1 amide bonds. The predicted molar refractivity (Wildman–Crippen MR) is 95.6 cm³/mol. The lowest BCUT2D eigenvalue weighted by atomic mass is 10.1. The second-order valence-corrected chi connectivity index (χ2v) is 5.51. The first-order valence-electron chi connectivity index (χ1n) is 7.68. The molecular formula is C18H14N4O4. The Hall–Kier alpha value is -3.81. The quantitative estimate of drug-likeness (QED) is 0.575. The van der Waals surface area contributed by atoms with E-state index in [0.717, 1.165) is 4.68 Å². The van der Waals surface area contributed by atoms with E-state index in [1.54, 1.807) is 43.3 Å². The molecule has 0 saturated heterocycles. The largest absolute Gasteiger partial charge is 0.320 e. The van der Waals surface area contributed by atoms with Gasteiger partial charge in [-0.25, -0.2) is 0 Å². The summed E-state index contributed by atoms with van der Waals surface area (Å²) in [4.78, 5) is 34.9. The molecule has 26 heavy (non-hydrogen) atoms. The molecule has 3 aromatic rings. The Bertz CT molecular complexity index is 1040. The number of nitrogens with one attached hydrogen (secondary N) is 1. The lowest BCUT2D eigenvalue weighted by Crippen LogP contribution is -2.25. The van der Waals surface area contributed by atoms with Crippen molar-refractivity contribution < 1.29 is 9.72 Å². The number of carbonyl (C=O) groups excluding carboxylic acids is 1. The average Bonchev–Trinajstić information content (AvgIpc) is 2.64. The molecule has 0 radical (unpaired) electrons. The van der Waals surface area contributed by atoms with E-state index in [0.29, 0.717) is 16.9 Å². The summed E-state index contributed by atoms with van der Waals surface area (Å²) in [7, 11) is 0. The first-order valence-corrected chi connectivity index (χ1v) is 7.68. The number of amides is 1. The molecule has 0 aliphatic rings. The van der Waals surface area contributed by atoms with Crippen LogP contribution in [0, 0.1) is 17.0 Å². The summed E-state index contributed by atoms with van der Waals surface area (Å²) in [5, 5.41) is 17.6. The van der Waals surface area contributed by atoms with Gasteiger partial charge in [-0.15, -0.1) is 0 Å². The van der Waals surface area contributed by atoms with Gasteiger partial charge >= 0.3 is 0 Å². The second kappa shape index (κ2) is 6.98. The van der Waals surface area contributed by atoms with E-state index in [-0.39, 0.29) is 16.9 Å². The van der Waals surface area contributed by atoms with Crippen molar-refractivity contribution in [3.63, 3.8) is 0 Å². The summed E-state index contributed by atoms with van der Waals surface area (Å²) in [5.41, 5.74) is 1.01. The van der Waals surface area contributed by atoms with Gasteiger partial charge < -0.3 is 5.32 Å². The molecule has 0 atom stereocenters. The highest BCUT2D eigenvalue weighted by Gasteiger charge is 2.14. The zero-order valence-electron chi connectivity index (χ0n) is 13.7. The molecule has 8 nitrogen and oxygen atoms in total. The molecular weight excluding hydrogens is 336 g/mol. The van der Waals surface area contributed by atoms with Crippen molar-refractivity contribution >= 4 is 17.3 Å². The molecule has 0 saturated carbocycles. The summed E-state index contributed by atoms with van der Waals surface area (Å²) in [5.74, 6) is -0.571. The smallest absolute Gasteiger partial charge is 0.276 e. The van der Waals surface area contributed by atoms with Crippen molar-refractivity contribution in [2.75, 3.05) is 5.32 Å². The van der Waals surface area contributed by atoms with Gasteiger partial charge in [0, 0.05) is 18.2 Å². The van der Waals surface area contributed by atoms with E-state index < -0.39 is 10.8 Å². The highest BCUT2D eigenvalue weighted by Crippen LogP contribution is 2.22. The third kappa shape index (κ3) is 3.48. The number of nitro benzene ring substituents is 1. The number of nitro groups is 1. The van der Waals surface area contributed by atoms with Gasteiger partial charge in [0.15, 0.2) is 0 Å². The number of aromatic nitrogens is 2. The molecule has 0 fully saturated rings. The van der Waals surface area contributed by atoms with E-state index in [1.165, 1.54) is 24.3 Å². The molecule has 0 aliphatic carbocycles. The van der Waals surface area contributed by atoms with Gasteiger partial charge in [0.1, 0.15) is 5.69 Å². The summed E-state index contributed by atoms with van der Waals surface area (Å²) in [6, 6.07) is 15.4. The highest BCUT2D eigenvalue weighted by atomic mass is 16.6. The minimum Gasteiger partial charge on any atom is -0.320 e. The Morgan fingerprint density at radius 1 is 1.12 bits per heavy atom. The van der Waals surface area contributed by atoms with Crippen LogP contribution in [0.2, 0.25) is 0 Å². The van der Waals surface area contributed by atoms with Gasteiger partial charge in [0.25, 0.3) is 17.2 Å². The van der Waals surface area contributed by atoms with E-state index in [9.17, 15) is 19.7 Å². The lowest BCUT2D eigenvalue weighted by molar-refractivity contribution is -0.384. The van der Waals surface area contributed by atoms with Gasteiger partial charge in [-0.05, 0) is 30.7 Å². The van der Waals surface area contributed by atoms with Crippen LogP contribution in [-0.4, -0.2) is 20.6 Å².